The smallest absolute Gasteiger partial charge is 0.338 e. The van der Waals surface area contributed by atoms with Crippen LogP contribution in [0.25, 0.3) is 10.8 Å². The Bertz CT molecular complexity index is 937. The van der Waals surface area contributed by atoms with E-state index in [0.717, 1.165) is 26.4 Å². The van der Waals surface area contributed by atoms with Crippen LogP contribution in [0, 0.1) is 11.8 Å². The van der Waals surface area contributed by atoms with E-state index in [1.807, 2.05) is 0 Å². The second-order valence-electron chi connectivity index (χ2n) is 9.16. The highest BCUT2D eigenvalue weighted by Gasteiger charge is 2.19. The Morgan fingerprint density at radius 2 is 0.974 bits per heavy atom. The molecule has 0 bridgehead atoms. The van der Waals surface area contributed by atoms with E-state index in [1.54, 1.807) is 36.4 Å². The summed E-state index contributed by atoms with van der Waals surface area (Å²) in [6.45, 7) is 7.01. The van der Waals surface area contributed by atoms with Crippen LogP contribution in [0.3, 0.4) is 0 Å². The molecule has 2 fully saturated rings. The lowest BCUT2D eigenvalue weighted by Crippen LogP contribution is -2.32. The number of fused-ring (bicyclic) bond motifs is 1. The molecule has 208 valence electrons. The molecule has 2 aromatic carbocycles. The molecular weight excluding hydrogens is 496 g/mol. The van der Waals surface area contributed by atoms with Crippen molar-refractivity contribution in [2.24, 2.45) is 11.8 Å². The monoisotopic (exact) mass is 532 g/mol. The molecule has 2 saturated heterocycles. The summed E-state index contributed by atoms with van der Waals surface area (Å²) < 4.78 is 42.9. The molecule has 2 heterocycles. The first-order valence-corrected chi connectivity index (χ1v) is 13.0. The molecular formula is C28H36O10. The van der Waals surface area contributed by atoms with Gasteiger partial charge in [0.05, 0.1) is 90.4 Å². The topological polar surface area (TPSA) is 108 Å². The van der Waals surface area contributed by atoms with Gasteiger partial charge in [-0.15, -0.1) is 0 Å². The number of hydrogen-bond acceptors (Lipinski definition) is 10. The molecule has 0 spiro atoms. The van der Waals surface area contributed by atoms with Crippen molar-refractivity contribution in [2.45, 2.75) is 0 Å². The van der Waals surface area contributed by atoms with Gasteiger partial charge in [-0.25, -0.2) is 9.59 Å². The zero-order valence-corrected chi connectivity index (χ0v) is 21.6. The number of carbonyl (C=O) groups is 2. The minimum absolute atomic E-state index is 0.119. The molecule has 2 aliphatic heterocycles. The van der Waals surface area contributed by atoms with Crippen molar-refractivity contribution in [2.75, 3.05) is 92.5 Å². The van der Waals surface area contributed by atoms with Crippen molar-refractivity contribution in [1.82, 2.24) is 0 Å². The Balaban J connectivity index is 1.15. The summed E-state index contributed by atoms with van der Waals surface area (Å²) in [5, 5.41) is 1.23. The molecule has 38 heavy (non-hydrogen) atoms. The van der Waals surface area contributed by atoms with Crippen LogP contribution in [0.5, 0.6) is 0 Å². The maximum Gasteiger partial charge on any atom is 0.338 e. The van der Waals surface area contributed by atoms with Crippen molar-refractivity contribution >= 4 is 22.7 Å². The van der Waals surface area contributed by atoms with Gasteiger partial charge < -0.3 is 37.9 Å². The lowest BCUT2D eigenvalue weighted by molar-refractivity contribution is -0.0782. The minimum atomic E-state index is -0.480. The van der Waals surface area contributed by atoms with Crippen LogP contribution >= 0.6 is 0 Å². The maximum atomic E-state index is 12.7. The second kappa shape index (κ2) is 15.7. The summed E-state index contributed by atoms with van der Waals surface area (Å²) in [5.74, 6) is 0.0139. The van der Waals surface area contributed by atoms with Crippen LogP contribution < -0.4 is 0 Å². The van der Waals surface area contributed by atoms with E-state index in [2.05, 4.69) is 0 Å². The highest BCUT2D eigenvalue weighted by Crippen LogP contribution is 2.24. The van der Waals surface area contributed by atoms with E-state index in [-0.39, 0.29) is 26.4 Å². The van der Waals surface area contributed by atoms with Crippen molar-refractivity contribution in [1.29, 1.82) is 0 Å². The lowest BCUT2D eigenvalue weighted by Gasteiger charge is -2.25. The van der Waals surface area contributed by atoms with Gasteiger partial charge in [0.1, 0.15) is 13.2 Å². The van der Waals surface area contributed by atoms with Crippen molar-refractivity contribution in [3.8, 4) is 0 Å². The third-order valence-corrected chi connectivity index (χ3v) is 6.15. The van der Waals surface area contributed by atoms with Crippen LogP contribution in [0.2, 0.25) is 0 Å². The third kappa shape index (κ3) is 8.72. The third-order valence-electron chi connectivity index (χ3n) is 6.15. The summed E-state index contributed by atoms with van der Waals surface area (Å²) in [4.78, 5) is 25.4. The Hall–Kier alpha value is -2.60. The van der Waals surface area contributed by atoms with E-state index in [0.29, 0.717) is 73.4 Å². The molecule has 0 radical (unpaired) electrons. The van der Waals surface area contributed by atoms with E-state index in [1.165, 1.54) is 0 Å². The summed E-state index contributed by atoms with van der Waals surface area (Å²) in [6, 6.07) is 10.3. The summed E-state index contributed by atoms with van der Waals surface area (Å²) >= 11 is 0. The highest BCUT2D eigenvalue weighted by atomic mass is 16.6. The summed E-state index contributed by atoms with van der Waals surface area (Å²) in [7, 11) is 0. The minimum Gasteiger partial charge on any atom is -0.460 e. The Labute approximate surface area is 222 Å². The number of ether oxygens (including phenoxy) is 8. The lowest BCUT2D eigenvalue weighted by atomic mass is 9.99. The Kier molecular flexibility index (Phi) is 11.8. The first kappa shape index (κ1) is 28.4. The first-order chi connectivity index (χ1) is 18.7. The van der Waals surface area contributed by atoms with Gasteiger partial charge in [0, 0.05) is 11.8 Å². The van der Waals surface area contributed by atoms with Gasteiger partial charge in [0.15, 0.2) is 0 Å². The molecule has 2 aromatic rings. The van der Waals surface area contributed by atoms with E-state index in [4.69, 9.17) is 37.9 Å². The second-order valence-corrected chi connectivity index (χ2v) is 9.16. The Morgan fingerprint density at radius 1 is 0.579 bits per heavy atom. The molecule has 0 aromatic heterocycles. The van der Waals surface area contributed by atoms with Gasteiger partial charge in [0.25, 0.3) is 0 Å². The number of esters is 2. The van der Waals surface area contributed by atoms with Gasteiger partial charge in [-0.05, 0) is 22.9 Å². The van der Waals surface area contributed by atoms with Gasteiger partial charge in [0.2, 0.25) is 0 Å². The number of rotatable bonds is 18. The van der Waals surface area contributed by atoms with Crippen LogP contribution in [-0.4, -0.2) is 104 Å². The van der Waals surface area contributed by atoms with Crippen LogP contribution in [0.1, 0.15) is 20.7 Å². The molecule has 2 aliphatic rings. The number of benzene rings is 2. The van der Waals surface area contributed by atoms with Crippen LogP contribution in [0.15, 0.2) is 36.4 Å². The predicted molar refractivity (Wildman–Crippen MR) is 136 cm³/mol. The van der Waals surface area contributed by atoms with E-state index in [9.17, 15) is 9.59 Å². The van der Waals surface area contributed by atoms with Gasteiger partial charge in [-0.2, -0.15) is 0 Å². The van der Waals surface area contributed by atoms with Gasteiger partial charge in [-0.1, -0.05) is 24.3 Å². The van der Waals surface area contributed by atoms with Crippen molar-refractivity contribution in [3.63, 3.8) is 0 Å². The van der Waals surface area contributed by atoms with Crippen LogP contribution in [-0.2, 0) is 37.9 Å². The van der Waals surface area contributed by atoms with E-state index >= 15 is 0 Å². The quantitative estimate of drug-likeness (QED) is 0.210. The summed E-state index contributed by atoms with van der Waals surface area (Å²) in [5.41, 5.74) is 0.750. The van der Waals surface area contributed by atoms with Crippen molar-refractivity contribution in [3.05, 3.63) is 47.5 Å². The SMILES string of the molecule is O=C(OCCOCCOCC1COC1)c1ccc(C(=O)OCCOCCOCC2COC2)c2ccccc12. The fourth-order valence-electron chi connectivity index (χ4n) is 3.90. The molecule has 0 saturated carbocycles. The molecule has 4 rings (SSSR count). The molecule has 0 amide bonds. The standard InChI is InChI=1S/C28H36O10/c29-27(37-13-11-31-7-9-33-15-21-17-35-18-21)25-5-6-26(24-4-2-1-3-23(24)25)28(30)38-14-12-32-8-10-34-16-22-19-36-20-22/h1-6,21-22H,7-20H2. The van der Waals surface area contributed by atoms with Crippen molar-refractivity contribution < 1.29 is 47.5 Å². The van der Waals surface area contributed by atoms with E-state index < -0.39 is 11.9 Å². The zero-order valence-electron chi connectivity index (χ0n) is 21.6. The highest BCUT2D eigenvalue weighted by molar-refractivity contribution is 6.11. The van der Waals surface area contributed by atoms with Gasteiger partial charge in [-0.3, -0.25) is 0 Å². The molecule has 0 unspecified atom stereocenters. The van der Waals surface area contributed by atoms with Crippen LogP contribution in [0.4, 0.5) is 0 Å². The largest absolute Gasteiger partial charge is 0.460 e. The average molecular weight is 533 g/mol. The summed E-state index contributed by atoms with van der Waals surface area (Å²) in [6.07, 6.45) is 0. The first-order valence-electron chi connectivity index (χ1n) is 13.0. The molecule has 0 atom stereocenters. The maximum absolute atomic E-state index is 12.7. The molecule has 10 nitrogen and oxygen atoms in total. The molecule has 0 aliphatic carbocycles. The Morgan fingerprint density at radius 3 is 1.37 bits per heavy atom. The molecule has 0 N–H and O–H groups in total. The predicted octanol–water partition coefficient (Wildman–Crippen LogP) is 2.51. The zero-order chi connectivity index (χ0) is 26.4. The molecule has 10 heteroatoms. The average Bonchev–Trinajstić information content (AvgIpc) is 2.88. The normalized spacial score (nSPS) is 15.7. The fraction of sp³-hybridized carbons (Fsp3) is 0.571. The van der Waals surface area contributed by atoms with Gasteiger partial charge >= 0.3 is 11.9 Å². The number of carbonyl (C=O) groups excluding carboxylic acids is 2. The fourth-order valence-corrected chi connectivity index (χ4v) is 3.90. The number of hydrogen-bond donors (Lipinski definition) is 0.